The number of fused-ring (bicyclic) bond motifs is 1. The van der Waals surface area contributed by atoms with Gasteiger partial charge in [0.05, 0.1) is 34.6 Å². The molecule has 0 aliphatic rings. The molecule has 0 fully saturated rings. The number of para-hydroxylation sites is 2. The summed E-state index contributed by atoms with van der Waals surface area (Å²) in [5, 5.41) is 4.37. The zero-order valence-electron chi connectivity index (χ0n) is 14.7. The number of hydrogen-bond acceptors (Lipinski definition) is 5. The normalized spacial score (nSPS) is 11.8. The fraction of sp³-hybridized carbons (Fsp3) is 0.278. The number of ether oxygens (including phenoxy) is 1. The Balaban J connectivity index is 1.85. The second-order valence-electron chi connectivity index (χ2n) is 5.76. The van der Waals surface area contributed by atoms with E-state index in [1.165, 1.54) is 0 Å². The zero-order valence-corrected chi connectivity index (χ0v) is 14.7. The molecule has 0 amide bonds. The maximum atomic E-state index is 12.1. The smallest absolute Gasteiger partial charge is 0.340 e. The molecule has 1 aromatic carbocycles. The first-order valence-electron chi connectivity index (χ1n) is 8.13. The highest BCUT2D eigenvalue weighted by Gasteiger charge is 2.20. The number of nitrogens with one attached hydrogen (secondary N) is 3. The maximum absolute atomic E-state index is 12.1. The van der Waals surface area contributed by atoms with Crippen LogP contribution in [-0.2, 0) is 4.74 Å². The van der Waals surface area contributed by atoms with Crippen LogP contribution in [0.4, 0.5) is 5.95 Å². The molecule has 0 atom stereocenters. The molecule has 3 N–H and O–H groups in total. The Morgan fingerprint density at radius 3 is 2.76 bits per heavy atom. The van der Waals surface area contributed by atoms with Crippen molar-refractivity contribution in [3.63, 3.8) is 0 Å². The highest BCUT2D eigenvalue weighted by Crippen LogP contribution is 2.20. The molecule has 0 unspecified atom stereocenters. The maximum Gasteiger partial charge on any atom is 0.340 e. The third kappa shape index (κ3) is 3.26. The SMILES string of the molecule is CCOC(=O)c1c(C)[nH]c(/C(C)=N/Nc2nc3ccccc3[nH]2)c1C. The second-order valence-corrected chi connectivity index (χ2v) is 5.76. The number of carbonyl (C=O) groups excluding carboxylic acids is 1. The predicted octanol–water partition coefficient (Wildman–Crippen LogP) is 3.52. The topological polar surface area (TPSA) is 95.2 Å². The molecule has 0 spiro atoms. The number of carbonyl (C=O) groups is 1. The van der Waals surface area contributed by atoms with Crippen molar-refractivity contribution in [1.29, 1.82) is 0 Å². The Bertz CT molecular complexity index is 919. The number of aryl methyl sites for hydroxylation is 1. The molecular weight excluding hydrogens is 318 g/mol. The summed E-state index contributed by atoms with van der Waals surface area (Å²) in [5.74, 6) is 0.241. The van der Waals surface area contributed by atoms with Crippen LogP contribution in [0, 0.1) is 13.8 Å². The van der Waals surface area contributed by atoms with Crippen molar-refractivity contribution in [1.82, 2.24) is 15.0 Å². The van der Waals surface area contributed by atoms with E-state index in [4.69, 9.17) is 4.74 Å². The summed E-state index contributed by atoms with van der Waals surface area (Å²) in [6.07, 6.45) is 0. The molecule has 7 nitrogen and oxygen atoms in total. The van der Waals surface area contributed by atoms with Gasteiger partial charge in [0.25, 0.3) is 0 Å². The lowest BCUT2D eigenvalue weighted by molar-refractivity contribution is 0.0525. The van der Waals surface area contributed by atoms with Crippen LogP contribution >= 0.6 is 0 Å². The van der Waals surface area contributed by atoms with Gasteiger partial charge in [0, 0.05) is 5.69 Å². The quantitative estimate of drug-likeness (QED) is 0.376. The van der Waals surface area contributed by atoms with Crippen LogP contribution in [0.3, 0.4) is 0 Å². The van der Waals surface area contributed by atoms with Crippen LogP contribution in [0.15, 0.2) is 29.4 Å². The van der Waals surface area contributed by atoms with Crippen LogP contribution in [0.2, 0.25) is 0 Å². The van der Waals surface area contributed by atoms with Crippen LogP contribution in [0.1, 0.15) is 41.2 Å². The number of aromatic amines is 2. The third-order valence-corrected chi connectivity index (χ3v) is 4.00. The van der Waals surface area contributed by atoms with Crippen molar-refractivity contribution in [3.05, 3.63) is 46.8 Å². The van der Waals surface area contributed by atoms with Crippen LogP contribution in [0.5, 0.6) is 0 Å². The van der Waals surface area contributed by atoms with Gasteiger partial charge in [0.1, 0.15) is 0 Å². The summed E-state index contributed by atoms with van der Waals surface area (Å²) in [6, 6.07) is 7.76. The number of aromatic nitrogens is 3. The van der Waals surface area contributed by atoms with Crippen molar-refractivity contribution in [2.45, 2.75) is 27.7 Å². The molecule has 2 aromatic heterocycles. The Morgan fingerprint density at radius 2 is 2.04 bits per heavy atom. The molecule has 0 aliphatic carbocycles. The minimum Gasteiger partial charge on any atom is -0.462 e. The molecule has 2 heterocycles. The van der Waals surface area contributed by atoms with Crippen LogP contribution in [0.25, 0.3) is 11.0 Å². The van der Waals surface area contributed by atoms with Crippen molar-refractivity contribution >= 4 is 28.7 Å². The Morgan fingerprint density at radius 1 is 1.28 bits per heavy atom. The molecule has 3 aromatic rings. The first-order valence-corrected chi connectivity index (χ1v) is 8.13. The molecule has 0 bridgehead atoms. The first kappa shape index (κ1) is 16.8. The minimum absolute atomic E-state index is 0.321. The third-order valence-electron chi connectivity index (χ3n) is 4.00. The van der Waals surface area contributed by atoms with E-state index in [9.17, 15) is 4.79 Å². The number of hydrogen-bond donors (Lipinski definition) is 3. The lowest BCUT2D eigenvalue weighted by Crippen LogP contribution is -2.07. The Hall–Kier alpha value is -3.09. The van der Waals surface area contributed by atoms with Gasteiger partial charge < -0.3 is 14.7 Å². The van der Waals surface area contributed by atoms with Crippen molar-refractivity contribution in [2.75, 3.05) is 12.0 Å². The van der Waals surface area contributed by atoms with Gasteiger partial charge in [-0.1, -0.05) is 12.1 Å². The lowest BCUT2D eigenvalue weighted by Gasteiger charge is -2.03. The van der Waals surface area contributed by atoms with Gasteiger partial charge in [-0.05, 0) is 45.4 Å². The van der Waals surface area contributed by atoms with E-state index in [-0.39, 0.29) is 5.97 Å². The summed E-state index contributed by atoms with van der Waals surface area (Å²) in [4.78, 5) is 22.9. The average molecular weight is 339 g/mol. The monoisotopic (exact) mass is 339 g/mol. The number of anilines is 1. The highest BCUT2D eigenvalue weighted by molar-refractivity contribution is 6.03. The summed E-state index contributed by atoms with van der Waals surface area (Å²) >= 11 is 0. The first-order chi connectivity index (χ1) is 12.0. The number of nitrogens with zero attached hydrogens (tertiary/aromatic N) is 2. The zero-order chi connectivity index (χ0) is 18.0. The Kier molecular flexibility index (Phi) is 4.56. The lowest BCUT2D eigenvalue weighted by atomic mass is 10.1. The van der Waals surface area contributed by atoms with E-state index in [1.807, 2.05) is 45.0 Å². The van der Waals surface area contributed by atoms with E-state index in [0.29, 0.717) is 18.1 Å². The largest absolute Gasteiger partial charge is 0.462 e. The number of hydrazone groups is 1. The minimum atomic E-state index is -0.321. The van der Waals surface area contributed by atoms with Gasteiger partial charge >= 0.3 is 5.97 Å². The number of benzene rings is 1. The second kappa shape index (κ2) is 6.80. The van der Waals surface area contributed by atoms with Crippen LogP contribution < -0.4 is 5.43 Å². The van der Waals surface area contributed by atoms with Crippen LogP contribution in [-0.4, -0.2) is 33.2 Å². The summed E-state index contributed by atoms with van der Waals surface area (Å²) in [6.45, 7) is 7.73. The van der Waals surface area contributed by atoms with Gasteiger partial charge in [0.15, 0.2) is 0 Å². The number of H-pyrrole nitrogens is 2. The molecule has 130 valence electrons. The Labute approximate surface area is 145 Å². The van der Waals surface area contributed by atoms with Gasteiger partial charge in [-0.15, -0.1) is 0 Å². The summed E-state index contributed by atoms with van der Waals surface area (Å²) < 4.78 is 5.12. The molecule has 0 radical (unpaired) electrons. The summed E-state index contributed by atoms with van der Waals surface area (Å²) in [7, 11) is 0. The van der Waals surface area contributed by atoms with E-state index in [0.717, 1.165) is 33.7 Å². The van der Waals surface area contributed by atoms with Gasteiger partial charge in [-0.2, -0.15) is 5.10 Å². The van der Waals surface area contributed by atoms with Gasteiger partial charge in [-0.25, -0.2) is 15.2 Å². The molecular formula is C18H21N5O2. The van der Waals surface area contributed by atoms with Crippen molar-refractivity contribution < 1.29 is 9.53 Å². The van der Waals surface area contributed by atoms with E-state index in [2.05, 4.69) is 25.5 Å². The van der Waals surface area contributed by atoms with E-state index in [1.54, 1.807) is 6.92 Å². The molecule has 25 heavy (non-hydrogen) atoms. The van der Waals surface area contributed by atoms with Gasteiger partial charge in [-0.3, -0.25) is 0 Å². The molecule has 0 aliphatic heterocycles. The summed E-state index contributed by atoms with van der Waals surface area (Å²) in [5.41, 5.74) is 8.41. The average Bonchev–Trinajstić information content (AvgIpc) is 3.13. The van der Waals surface area contributed by atoms with Crippen molar-refractivity contribution in [3.8, 4) is 0 Å². The molecule has 7 heteroatoms. The van der Waals surface area contributed by atoms with E-state index < -0.39 is 0 Å². The molecule has 0 saturated heterocycles. The van der Waals surface area contributed by atoms with Gasteiger partial charge in [0.2, 0.25) is 5.95 Å². The van der Waals surface area contributed by atoms with Crippen molar-refractivity contribution in [2.24, 2.45) is 5.10 Å². The number of esters is 1. The fourth-order valence-corrected chi connectivity index (χ4v) is 2.82. The fourth-order valence-electron chi connectivity index (χ4n) is 2.82. The highest BCUT2D eigenvalue weighted by atomic mass is 16.5. The number of rotatable bonds is 5. The van der Waals surface area contributed by atoms with E-state index >= 15 is 0 Å². The predicted molar refractivity (Wildman–Crippen MR) is 98.2 cm³/mol. The molecule has 3 rings (SSSR count). The standard InChI is InChI=1S/C18H21N5O2/c1-5-25-17(24)15-10(2)16(19-11(15)3)12(4)22-23-18-20-13-8-6-7-9-14(13)21-18/h6-9,19H,5H2,1-4H3,(H2,20,21,23)/b22-12+. The number of imidazole rings is 1. The molecule has 0 saturated carbocycles.